The SMILES string of the molecule is C=CCNC(N)=NCc1ccnc(OC2CCOC2)c1. The van der Waals surface area contributed by atoms with Crippen LogP contribution in [0.3, 0.4) is 0 Å². The molecule has 6 nitrogen and oxygen atoms in total. The van der Waals surface area contributed by atoms with E-state index in [2.05, 4.69) is 21.9 Å². The van der Waals surface area contributed by atoms with Gasteiger partial charge in [0.05, 0.1) is 19.8 Å². The van der Waals surface area contributed by atoms with Crippen molar-refractivity contribution in [3.8, 4) is 5.88 Å². The van der Waals surface area contributed by atoms with E-state index in [9.17, 15) is 0 Å². The predicted molar refractivity (Wildman–Crippen MR) is 77.6 cm³/mol. The number of aliphatic imine (C=N–C) groups is 1. The van der Waals surface area contributed by atoms with Gasteiger partial charge in [0.1, 0.15) is 6.10 Å². The Balaban J connectivity index is 1.89. The molecule has 1 aromatic rings. The maximum Gasteiger partial charge on any atom is 0.213 e. The van der Waals surface area contributed by atoms with Gasteiger partial charge < -0.3 is 20.5 Å². The van der Waals surface area contributed by atoms with Crippen LogP contribution in [0.15, 0.2) is 36.0 Å². The molecule has 0 aromatic carbocycles. The molecule has 0 spiro atoms. The van der Waals surface area contributed by atoms with Crippen LogP contribution in [0.2, 0.25) is 0 Å². The second kappa shape index (κ2) is 7.49. The second-order valence-corrected chi connectivity index (χ2v) is 4.48. The van der Waals surface area contributed by atoms with E-state index in [4.69, 9.17) is 15.2 Å². The topological polar surface area (TPSA) is 81.8 Å². The van der Waals surface area contributed by atoms with Gasteiger partial charge in [0.2, 0.25) is 5.88 Å². The summed E-state index contributed by atoms with van der Waals surface area (Å²) in [5.41, 5.74) is 6.70. The normalized spacial score (nSPS) is 18.8. The van der Waals surface area contributed by atoms with Crippen molar-refractivity contribution in [2.24, 2.45) is 10.7 Å². The van der Waals surface area contributed by atoms with E-state index in [1.165, 1.54) is 0 Å². The standard InChI is InChI=1S/C14H20N4O2/c1-2-5-17-14(15)18-9-11-3-6-16-13(8-11)20-12-4-7-19-10-12/h2-3,6,8,12H,1,4-5,7,9-10H2,(H3,15,17,18). The first-order valence-corrected chi connectivity index (χ1v) is 6.62. The Labute approximate surface area is 118 Å². The highest BCUT2D eigenvalue weighted by atomic mass is 16.5. The third-order valence-electron chi connectivity index (χ3n) is 2.83. The van der Waals surface area contributed by atoms with Gasteiger partial charge in [-0.3, -0.25) is 0 Å². The minimum Gasteiger partial charge on any atom is -0.472 e. The third-order valence-corrected chi connectivity index (χ3v) is 2.83. The van der Waals surface area contributed by atoms with Crippen LogP contribution < -0.4 is 15.8 Å². The lowest BCUT2D eigenvalue weighted by molar-refractivity contribution is 0.138. The lowest BCUT2D eigenvalue weighted by Gasteiger charge is -2.11. The van der Waals surface area contributed by atoms with Gasteiger partial charge in [0, 0.05) is 25.2 Å². The zero-order chi connectivity index (χ0) is 14.2. The quantitative estimate of drug-likeness (QED) is 0.457. The first-order valence-electron chi connectivity index (χ1n) is 6.62. The molecule has 1 fully saturated rings. The number of hydrogen-bond acceptors (Lipinski definition) is 4. The van der Waals surface area contributed by atoms with Crippen LogP contribution in [-0.4, -0.2) is 36.8 Å². The molecular weight excluding hydrogens is 256 g/mol. The highest BCUT2D eigenvalue weighted by Gasteiger charge is 2.17. The molecular formula is C14H20N4O2. The van der Waals surface area contributed by atoms with Crippen molar-refractivity contribution in [1.29, 1.82) is 0 Å². The van der Waals surface area contributed by atoms with E-state index in [0.717, 1.165) is 18.6 Å². The smallest absolute Gasteiger partial charge is 0.213 e. The van der Waals surface area contributed by atoms with E-state index < -0.39 is 0 Å². The predicted octanol–water partition coefficient (Wildman–Crippen LogP) is 0.840. The molecule has 1 atom stereocenters. The summed E-state index contributed by atoms with van der Waals surface area (Å²) in [6.45, 7) is 6.06. The van der Waals surface area contributed by atoms with Gasteiger partial charge in [0.25, 0.3) is 0 Å². The molecule has 1 aromatic heterocycles. The molecule has 1 aliphatic heterocycles. The van der Waals surface area contributed by atoms with Crippen molar-refractivity contribution in [2.45, 2.75) is 19.1 Å². The van der Waals surface area contributed by atoms with Crippen LogP contribution in [0.4, 0.5) is 0 Å². The van der Waals surface area contributed by atoms with E-state index in [-0.39, 0.29) is 6.10 Å². The molecule has 0 radical (unpaired) electrons. The molecule has 1 saturated heterocycles. The van der Waals surface area contributed by atoms with Gasteiger partial charge in [-0.15, -0.1) is 6.58 Å². The lowest BCUT2D eigenvalue weighted by Crippen LogP contribution is -2.31. The Morgan fingerprint density at radius 2 is 2.60 bits per heavy atom. The summed E-state index contributed by atoms with van der Waals surface area (Å²) in [6, 6.07) is 3.77. The minimum absolute atomic E-state index is 0.0978. The van der Waals surface area contributed by atoms with Crippen LogP contribution >= 0.6 is 0 Å². The summed E-state index contributed by atoms with van der Waals surface area (Å²) in [5.74, 6) is 0.999. The fourth-order valence-electron chi connectivity index (χ4n) is 1.80. The van der Waals surface area contributed by atoms with Crippen LogP contribution in [0, 0.1) is 0 Å². The van der Waals surface area contributed by atoms with Crippen LogP contribution in [-0.2, 0) is 11.3 Å². The Bertz CT molecular complexity index is 470. The zero-order valence-electron chi connectivity index (χ0n) is 11.4. The average molecular weight is 276 g/mol. The Kier molecular flexibility index (Phi) is 5.37. The molecule has 0 saturated carbocycles. The number of nitrogens with two attached hydrogens (primary N) is 1. The molecule has 1 aliphatic rings. The van der Waals surface area contributed by atoms with E-state index in [1.54, 1.807) is 12.3 Å². The molecule has 3 N–H and O–H groups in total. The van der Waals surface area contributed by atoms with Gasteiger partial charge in [-0.25, -0.2) is 9.98 Å². The fourth-order valence-corrected chi connectivity index (χ4v) is 1.80. The highest BCUT2D eigenvalue weighted by molar-refractivity contribution is 5.77. The summed E-state index contributed by atoms with van der Waals surface area (Å²) >= 11 is 0. The maximum atomic E-state index is 5.74. The molecule has 6 heteroatoms. The number of nitrogens with zero attached hydrogens (tertiary/aromatic N) is 2. The number of hydrogen-bond donors (Lipinski definition) is 2. The van der Waals surface area contributed by atoms with E-state index >= 15 is 0 Å². The van der Waals surface area contributed by atoms with Crippen molar-refractivity contribution in [3.63, 3.8) is 0 Å². The van der Waals surface area contributed by atoms with Gasteiger partial charge >= 0.3 is 0 Å². The summed E-state index contributed by atoms with van der Waals surface area (Å²) in [5, 5.41) is 2.92. The Hall–Kier alpha value is -2.08. The lowest BCUT2D eigenvalue weighted by atomic mass is 10.2. The first-order chi connectivity index (χ1) is 9.78. The van der Waals surface area contributed by atoms with Crippen molar-refractivity contribution < 1.29 is 9.47 Å². The number of aromatic nitrogens is 1. The average Bonchev–Trinajstić information content (AvgIpc) is 2.96. The van der Waals surface area contributed by atoms with E-state index in [0.29, 0.717) is 31.5 Å². The number of rotatable bonds is 6. The van der Waals surface area contributed by atoms with Gasteiger partial charge in [-0.1, -0.05) is 6.08 Å². The molecule has 0 bridgehead atoms. The number of guanidine groups is 1. The minimum atomic E-state index is 0.0978. The molecule has 1 unspecified atom stereocenters. The summed E-state index contributed by atoms with van der Waals surface area (Å²) < 4.78 is 11.0. The largest absolute Gasteiger partial charge is 0.472 e. The third kappa shape index (κ3) is 4.55. The molecule has 20 heavy (non-hydrogen) atoms. The van der Waals surface area contributed by atoms with Crippen molar-refractivity contribution in [1.82, 2.24) is 10.3 Å². The molecule has 108 valence electrons. The Morgan fingerprint density at radius 1 is 1.70 bits per heavy atom. The van der Waals surface area contributed by atoms with Gasteiger partial charge in [-0.2, -0.15) is 0 Å². The van der Waals surface area contributed by atoms with Crippen molar-refractivity contribution in [2.75, 3.05) is 19.8 Å². The Morgan fingerprint density at radius 3 is 3.35 bits per heavy atom. The van der Waals surface area contributed by atoms with Crippen molar-refractivity contribution in [3.05, 3.63) is 36.5 Å². The van der Waals surface area contributed by atoms with Crippen LogP contribution in [0.1, 0.15) is 12.0 Å². The van der Waals surface area contributed by atoms with Crippen molar-refractivity contribution >= 4 is 5.96 Å². The molecule has 0 aliphatic carbocycles. The van der Waals surface area contributed by atoms with Gasteiger partial charge in [0.15, 0.2) is 5.96 Å². The molecule has 0 amide bonds. The first kappa shape index (κ1) is 14.3. The summed E-state index contributed by atoms with van der Waals surface area (Å²) in [7, 11) is 0. The fraction of sp³-hybridized carbons (Fsp3) is 0.429. The van der Waals surface area contributed by atoms with Crippen LogP contribution in [0.5, 0.6) is 5.88 Å². The van der Waals surface area contributed by atoms with Crippen LogP contribution in [0.25, 0.3) is 0 Å². The summed E-state index contributed by atoms with van der Waals surface area (Å²) in [4.78, 5) is 8.43. The number of nitrogens with one attached hydrogen (secondary N) is 1. The number of pyridine rings is 1. The highest BCUT2D eigenvalue weighted by Crippen LogP contribution is 2.16. The zero-order valence-corrected chi connectivity index (χ0v) is 11.4. The second-order valence-electron chi connectivity index (χ2n) is 4.48. The summed E-state index contributed by atoms with van der Waals surface area (Å²) in [6.07, 6.45) is 4.44. The monoisotopic (exact) mass is 276 g/mol. The molecule has 2 rings (SSSR count). The van der Waals surface area contributed by atoms with Gasteiger partial charge in [-0.05, 0) is 11.6 Å². The van der Waals surface area contributed by atoms with E-state index in [1.807, 2.05) is 12.1 Å². The number of ether oxygens (including phenoxy) is 2. The maximum absolute atomic E-state index is 5.74. The molecule has 2 heterocycles.